The maximum atomic E-state index is 12.4. The number of aryl methyl sites for hydroxylation is 1. The van der Waals surface area contributed by atoms with E-state index in [0.717, 1.165) is 5.56 Å². The minimum Gasteiger partial charge on any atom is -0.366 e. The topological polar surface area (TPSA) is 98.0 Å². The van der Waals surface area contributed by atoms with Crippen molar-refractivity contribution in [2.24, 2.45) is 5.73 Å². The minimum atomic E-state index is -0.513. The van der Waals surface area contributed by atoms with Crippen molar-refractivity contribution in [3.05, 3.63) is 89.0 Å². The Labute approximate surface area is 151 Å². The van der Waals surface area contributed by atoms with Gasteiger partial charge in [-0.15, -0.1) is 0 Å². The monoisotopic (exact) mass is 346 g/mol. The standard InChI is InChI=1S/C20H18N4O2/c1-13-17(12-22-18(23-13)11-14-5-3-2-4-6-14)20(26)24-16-9-7-15(8-10-16)19(21)25/h2-10,12H,11H2,1H3,(H2,21,25)(H,24,26). The highest BCUT2D eigenvalue weighted by Gasteiger charge is 2.13. The molecule has 1 heterocycles. The van der Waals surface area contributed by atoms with E-state index in [1.54, 1.807) is 31.2 Å². The molecule has 0 fully saturated rings. The van der Waals surface area contributed by atoms with Gasteiger partial charge in [0.25, 0.3) is 5.91 Å². The molecule has 2 amide bonds. The molecule has 0 bridgehead atoms. The largest absolute Gasteiger partial charge is 0.366 e. The van der Waals surface area contributed by atoms with Crippen LogP contribution in [0.1, 0.15) is 37.8 Å². The van der Waals surface area contributed by atoms with Gasteiger partial charge in [-0.3, -0.25) is 9.59 Å². The molecule has 0 unspecified atom stereocenters. The third-order valence-electron chi connectivity index (χ3n) is 3.91. The number of hydrogen-bond donors (Lipinski definition) is 2. The Hall–Kier alpha value is -3.54. The van der Waals surface area contributed by atoms with Crippen molar-refractivity contribution in [1.29, 1.82) is 0 Å². The van der Waals surface area contributed by atoms with Crippen LogP contribution in [0.3, 0.4) is 0 Å². The van der Waals surface area contributed by atoms with Gasteiger partial charge in [0.1, 0.15) is 5.82 Å². The molecule has 6 nitrogen and oxygen atoms in total. The van der Waals surface area contributed by atoms with E-state index >= 15 is 0 Å². The van der Waals surface area contributed by atoms with E-state index in [1.807, 2.05) is 30.3 Å². The number of hydrogen-bond acceptors (Lipinski definition) is 4. The molecule has 26 heavy (non-hydrogen) atoms. The number of carbonyl (C=O) groups is 2. The van der Waals surface area contributed by atoms with Gasteiger partial charge in [-0.2, -0.15) is 0 Å². The minimum absolute atomic E-state index is 0.305. The van der Waals surface area contributed by atoms with Crippen LogP contribution in [0.4, 0.5) is 5.69 Å². The molecule has 1 aromatic heterocycles. The Morgan fingerprint density at radius 2 is 1.73 bits per heavy atom. The SMILES string of the molecule is Cc1nc(Cc2ccccc2)ncc1C(=O)Nc1ccc(C(N)=O)cc1. The van der Waals surface area contributed by atoms with Crippen LogP contribution in [-0.4, -0.2) is 21.8 Å². The van der Waals surface area contributed by atoms with E-state index in [0.29, 0.717) is 34.8 Å². The first-order valence-corrected chi connectivity index (χ1v) is 8.10. The Morgan fingerprint density at radius 3 is 2.35 bits per heavy atom. The molecule has 2 aromatic carbocycles. The number of rotatable bonds is 5. The van der Waals surface area contributed by atoms with E-state index in [2.05, 4.69) is 15.3 Å². The Balaban J connectivity index is 1.72. The maximum absolute atomic E-state index is 12.4. The molecule has 0 aliphatic rings. The third kappa shape index (κ3) is 4.10. The summed E-state index contributed by atoms with van der Waals surface area (Å²) in [6.45, 7) is 1.78. The van der Waals surface area contributed by atoms with Gasteiger partial charge < -0.3 is 11.1 Å². The number of aromatic nitrogens is 2. The van der Waals surface area contributed by atoms with Crippen LogP contribution in [0.5, 0.6) is 0 Å². The highest BCUT2D eigenvalue weighted by Crippen LogP contribution is 2.13. The van der Waals surface area contributed by atoms with Crippen molar-refractivity contribution in [2.75, 3.05) is 5.32 Å². The van der Waals surface area contributed by atoms with Crippen molar-refractivity contribution < 1.29 is 9.59 Å². The van der Waals surface area contributed by atoms with E-state index in [9.17, 15) is 9.59 Å². The van der Waals surface area contributed by atoms with E-state index in [1.165, 1.54) is 6.20 Å². The second-order valence-corrected chi connectivity index (χ2v) is 5.84. The molecule has 3 aromatic rings. The van der Waals surface area contributed by atoms with Gasteiger partial charge in [-0.05, 0) is 36.8 Å². The number of nitrogens with one attached hydrogen (secondary N) is 1. The quantitative estimate of drug-likeness (QED) is 0.742. The van der Waals surface area contributed by atoms with Crippen molar-refractivity contribution in [2.45, 2.75) is 13.3 Å². The average Bonchev–Trinajstić information content (AvgIpc) is 2.63. The second kappa shape index (κ2) is 7.57. The van der Waals surface area contributed by atoms with Crippen LogP contribution in [0.25, 0.3) is 0 Å². The molecule has 0 atom stereocenters. The summed E-state index contributed by atoms with van der Waals surface area (Å²) < 4.78 is 0. The van der Waals surface area contributed by atoms with Crippen molar-refractivity contribution in [3.63, 3.8) is 0 Å². The summed E-state index contributed by atoms with van der Waals surface area (Å²) >= 11 is 0. The molecule has 0 saturated heterocycles. The van der Waals surface area contributed by atoms with Crippen LogP contribution in [0.2, 0.25) is 0 Å². The molecular weight excluding hydrogens is 328 g/mol. The van der Waals surface area contributed by atoms with Crippen LogP contribution in [0.15, 0.2) is 60.8 Å². The molecular formula is C20H18N4O2. The van der Waals surface area contributed by atoms with E-state index < -0.39 is 5.91 Å². The third-order valence-corrected chi connectivity index (χ3v) is 3.91. The fourth-order valence-corrected chi connectivity index (χ4v) is 2.52. The lowest BCUT2D eigenvalue weighted by Crippen LogP contribution is -2.16. The van der Waals surface area contributed by atoms with Gasteiger partial charge in [0.05, 0.1) is 11.3 Å². The van der Waals surface area contributed by atoms with Gasteiger partial charge in [-0.1, -0.05) is 30.3 Å². The van der Waals surface area contributed by atoms with E-state index in [4.69, 9.17) is 5.73 Å². The average molecular weight is 346 g/mol. The van der Waals surface area contributed by atoms with Crippen molar-refractivity contribution in [3.8, 4) is 0 Å². The maximum Gasteiger partial charge on any atom is 0.259 e. The summed E-state index contributed by atoms with van der Waals surface area (Å²) in [6.07, 6.45) is 2.14. The molecule has 130 valence electrons. The van der Waals surface area contributed by atoms with Crippen molar-refractivity contribution in [1.82, 2.24) is 9.97 Å². The number of primary amides is 1. The lowest BCUT2D eigenvalue weighted by Gasteiger charge is -2.09. The number of anilines is 1. The zero-order chi connectivity index (χ0) is 18.5. The molecule has 6 heteroatoms. The van der Waals surface area contributed by atoms with Gasteiger partial charge in [0, 0.05) is 23.9 Å². The first-order valence-electron chi connectivity index (χ1n) is 8.10. The summed E-state index contributed by atoms with van der Waals surface area (Å²) in [6, 6.07) is 16.3. The predicted molar refractivity (Wildman–Crippen MR) is 98.9 cm³/mol. The zero-order valence-corrected chi connectivity index (χ0v) is 14.3. The molecule has 3 rings (SSSR count). The summed E-state index contributed by atoms with van der Waals surface area (Å²) in [7, 11) is 0. The fourth-order valence-electron chi connectivity index (χ4n) is 2.52. The predicted octanol–water partition coefficient (Wildman–Crippen LogP) is 2.73. The van der Waals surface area contributed by atoms with Gasteiger partial charge in [0.15, 0.2) is 0 Å². The van der Waals surface area contributed by atoms with Gasteiger partial charge >= 0.3 is 0 Å². The molecule has 3 N–H and O–H groups in total. The lowest BCUT2D eigenvalue weighted by atomic mass is 10.1. The molecule has 0 spiro atoms. The number of amides is 2. The number of benzene rings is 2. The molecule has 0 radical (unpaired) electrons. The van der Waals surface area contributed by atoms with Gasteiger partial charge in [0.2, 0.25) is 5.91 Å². The molecule has 0 saturated carbocycles. The highest BCUT2D eigenvalue weighted by atomic mass is 16.2. The summed E-state index contributed by atoms with van der Waals surface area (Å²) in [4.78, 5) is 32.3. The van der Waals surface area contributed by atoms with Crippen LogP contribution in [-0.2, 0) is 6.42 Å². The van der Waals surface area contributed by atoms with Crippen LogP contribution >= 0.6 is 0 Å². The number of nitrogens with zero attached hydrogens (tertiary/aromatic N) is 2. The Kier molecular flexibility index (Phi) is 5.03. The Morgan fingerprint density at radius 1 is 1.04 bits per heavy atom. The van der Waals surface area contributed by atoms with Crippen molar-refractivity contribution >= 4 is 17.5 Å². The van der Waals surface area contributed by atoms with Gasteiger partial charge in [-0.25, -0.2) is 9.97 Å². The summed E-state index contributed by atoms with van der Waals surface area (Å²) in [5, 5.41) is 2.76. The Bertz CT molecular complexity index is 938. The first-order chi connectivity index (χ1) is 12.5. The number of nitrogens with two attached hydrogens (primary N) is 1. The molecule has 0 aliphatic heterocycles. The molecule has 0 aliphatic carbocycles. The zero-order valence-electron chi connectivity index (χ0n) is 14.3. The van der Waals surface area contributed by atoms with Crippen LogP contribution in [0, 0.1) is 6.92 Å². The summed E-state index contributed by atoms with van der Waals surface area (Å²) in [5.74, 6) is -0.155. The first kappa shape index (κ1) is 17.3. The summed E-state index contributed by atoms with van der Waals surface area (Å²) in [5.41, 5.74) is 8.27. The lowest BCUT2D eigenvalue weighted by molar-refractivity contribution is 0.0998. The van der Waals surface area contributed by atoms with E-state index in [-0.39, 0.29) is 5.91 Å². The van der Waals surface area contributed by atoms with Crippen LogP contribution < -0.4 is 11.1 Å². The normalized spacial score (nSPS) is 10.3. The smallest absolute Gasteiger partial charge is 0.259 e. The second-order valence-electron chi connectivity index (χ2n) is 5.84. The fraction of sp³-hybridized carbons (Fsp3) is 0.100. The highest BCUT2D eigenvalue weighted by molar-refractivity contribution is 6.05. The number of carbonyl (C=O) groups excluding carboxylic acids is 2.